The van der Waals surface area contributed by atoms with E-state index in [-0.39, 0.29) is 24.0 Å². The Morgan fingerprint density at radius 2 is 2.43 bits per heavy atom. The van der Waals surface area contributed by atoms with E-state index in [1.54, 1.807) is 12.7 Å². The molecule has 1 N–H and O–H groups in total. The number of aromatic amines is 1. The molecule has 0 radical (unpaired) electrons. The Hall–Kier alpha value is -0.130. The Bertz CT molecular complexity index is 114. The summed E-state index contributed by atoms with van der Waals surface area (Å²) in [6.07, 6.45) is 3.46. The lowest BCUT2D eigenvalue weighted by Gasteiger charge is -1.65. The molecule has 4 heteroatoms. The quantitative estimate of drug-likeness (QED) is 0.347. The zero-order chi connectivity index (χ0) is 4.41. The predicted octanol–water partition coefficient (Wildman–Crippen LogP) is -3.76. The van der Waals surface area contributed by atoms with Crippen LogP contribution in [0.25, 0.3) is 0 Å². The molecule has 0 fully saturated rings. The first kappa shape index (κ1) is 6.87. The van der Waals surface area contributed by atoms with E-state index >= 15 is 0 Å². The molecule has 0 aliphatic heterocycles. The van der Waals surface area contributed by atoms with E-state index in [1.165, 1.54) is 0 Å². The van der Waals surface area contributed by atoms with E-state index in [9.17, 15) is 0 Å². The average Bonchev–Trinajstić information content (AvgIpc) is 1.86. The maximum absolute atomic E-state index is 3.66. The van der Waals surface area contributed by atoms with Gasteiger partial charge in [-0.25, -0.2) is 4.57 Å². The Morgan fingerprint density at radius 1 is 1.71 bits per heavy atom. The van der Waals surface area contributed by atoms with Crippen molar-refractivity contribution in [2.45, 2.75) is 0 Å². The number of hydrogen-bond donors (Lipinski definition) is 1. The van der Waals surface area contributed by atoms with Gasteiger partial charge in [-0.1, -0.05) is 0 Å². The zero-order valence-electron chi connectivity index (χ0n) is 3.93. The molecule has 0 bridgehead atoms. The summed E-state index contributed by atoms with van der Waals surface area (Å²) in [6, 6.07) is 0. The molecule has 1 aromatic heterocycles. The van der Waals surface area contributed by atoms with Gasteiger partial charge in [-0.3, -0.25) is 0 Å². The molecule has 0 saturated heterocycles. The lowest BCUT2D eigenvalue weighted by Crippen LogP contribution is -3.00. The molecule has 3 nitrogen and oxygen atoms in total. The molecule has 0 aromatic carbocycles. The van der Waals surface area contributed by atoms with Gasteiger partial charge in [0.2, 0.25) is 6.33 Å². The number of aryl methyl sites for hydroxylation is 1. The minimum atomic E-state index is 0. The van der Waals surface area contributed by atoms with Crippen molar-refractivity contribution in [1.29, 1.82) is 0 Å². The molecule has 0 amide bonds. The highest BCUT2D eigenvalue weighted by atomic mass is 127. The van der Waals surface area contributed by atoms with Crippen molar-refractivity contribution in [3.8, 4) is 0 Å². The van der Waals surface area contributed by atoms with Crippen molar-refractivity contribution in [3.05, 3.63) is 12.7 Å². The van der Waals surface area contributed by atoms with Crippen LogP contribution in [0, 0.1) is 0 Å². The standard InChI is InChI=1S/C3H5N3.HI/c1-6-2-4-5-3-6;/h2-3H,1H3;1H. The second-order valence-electron chi connectivity index (χ2n) is 1.17. The summed E-state index contributed by atoms with van der Waals surface area (Å²) in [5.74, 6) is 0. The van der Waals surface area contributed by atoms with Gasteiger partial charge in [0.25, 0.3) is 6.33 Å². The van der Waals surface area contributed by atoms with Crippen LogP contribution in [0.1, 0.15) is 0 Å². The Kier molecular flexibility index (Phi) is 2.89. The van der Waals surface area contributed by atoms with Gasteiger partial charge in [-0.2, -0.15) is 0 Å². The molecule has 0 aliphatic carbocycles. The highest BCUT2D eigenvalue weighted by Crippen LogP contribution is 1.49. The lowest BCUT2D eigenvalue weighted by molar-refractivity contribution is -0.671. The Morgan fingerprint density at radius 3 is 2.57 bits per heavy atom. The molecule has 0 atom stereocenters. The number of nitrogens with one attached hydrogen (secondary N) is 1. The third-order valence-electron chi connectivity index (χ3n) is 0.576. The van der Waals surface area contributed by atoms with Crippen LogP contribution < -0.4 is 28.5 Å². The van der Waals surface area contributed by atoms with Crippen LogP contribution in [-0.4, -0.2) is 10.2 Å². The maximum atomic E-state index is 3.66. The van der Waals surface area contributed by atoms with E-state index < -0.39 is 0 Å². The van der Waals surface area contributed by atoms with Crippen LogP contribution in [0.5, 0.6) is 0 Å². The summed E-state index contributed by atoms with van der Waals surface area (Å²) in [5, 5.41) is 6.30. The SMILES string of the molecule is C[n+]1cn[nH]c1.[I-]. The molecule has 1 aromatic rings. The summed E-state index contributed by atoms with van der Waals surface area (Å²) in [4.78, 5) is 0. The van der Waals surface area contributed by atoms with Crippen LogP contribution in [0.15, 0.2) is 12.7 Å². The normalized spacial score (nSPS) is 7.57. The van der Waals surface area contributed by atoms with Gasteiger partial charge in [0.05, 0.1) is 7.05 Å². The topological polar surface area (TPSA) is 32.6 Å². The molecular formula is C3H6IN3. The first-order valence-corrected chi connectivity index (χ1v) is 1.73. The minimum absolute atomic E-state index is 0. The fourth-order valence-electron chi connectivity index (χ4n) is 0.282. The van der Waals surface area contributed by atoms with Crippen molar-refractivity contribution in [2.24, 2.45) is 7.05 Å². The number of aromatic nitrogens is 3. The molecule has 1 heterocycles. The predicted molar refractivity (Wildman–Crippen MR) is 19.8 cm³/mol. The fourth-order valence-corrected chi connectivity index (χ4v) is 0.282. The summed E-state index contributed by atoms with van der Waals surface area (Å²) < 4.78 is 1.83. The highest BCUT2D eigenvalue weighted by molar-refractivity contribution is 4.25. The van der Waals surface area contributed by atoms with Gasteiger partial charge < -0.3 is 24.0 Å². The average molecular weight is 211 g/mol. The zero-order valence-corrected chi connectivity index (χ0v) is 6.08. The number of hydrogen-bond acceptors (Lipinski definition) is 1. The maximum Gasteiger partial charge on any atom is 0.264 e. The second kappa shape index (κ2) is 2.95. The van der Waals surface area contributed by atoms with Crippen molar-refractivity contribution < 1.29 is 28.5 Å². The number of H-pyrrole nitrogens is 1. The van der Waals surface area contributed by atoms with Gasteiger partial charge in [-0.05, 0) is 0 Å². The summed E-state index contributed by atoms with van der Waals surface area (Å²) in [6.45, 7) is 0. The number of nitrogens with zero attached hydrogens (tertiary/aromatic N) is 2. The van der Waals surface area contributed by atoms with E-state index in [2.05, 4.69) is 10.2 Å². The van der Waals surface area contributed by atoms with Crippen molar-refractivity contribution >= 4 is 0 Å². The van der Waals surface area contributed by atoms with Crippen LogP contribution >= 0.6 is 0 Å². The molecule has 40 valence electrons. The van der Waals surface area contributed by atoms with Gasteiger partial charge in [0.1, 0.15) is 0 Å². The van der Waals surface area contributed by atoms with E-state index in [0.29, 0.717) is 0 Å². The molecule has 0 saturated carbocycles. The number of halogens is 1. The third-order valence-corrected chi connectivity index (χ3v) is 0.576. The molecule has 0 unspecified atom stereocenters. The fraction of sp³-hybridized carbons (Fsp3) is 0.333. The van der Waals surface area contributed by atoms with Crippen molar-refractivity contribution in [2.75, 3.05) is 0 Å². The second-order valence-corrected chi connectivity index (χ2v) is 1.17. The van der Waals surface area contributed by atoms with Crippen LogP contribution in [-0.2, 0) is 7.05 Å². The van der Waals surface area contributed by atoms with Gasteiger partial charge in [0.15, 0.2) is 0 Å². The first-order chi connectivity index (χ1) is 2.89. The number of rotatable bonds is 0. The molecule has 7 heavy (non-hydrogen) atoms. The van der Waals surface area contributed by atoms with E-state index in [0.717, 1.165) is 0 Å². The van der Waals surface area contributed by atoms with E-state index in [4.69, 9.17) is 0 Å². The summed E-state index contributed by atoms with van der Waals surface area (Å²) in [5.41, 5.74) is 0. The third kappa shape index (κ3) is 1.86. The monoisotopic (exact) mass is 211 g/mol. The van der Waals surface area contributed by atoms with Crippen molar-refractivity contribution in [3.63, 3.8) is 0 Å². The molecule has 0 spiro atoms. The highest BCUT2D eigenvalue weighted by Gasteiger charge is 1.80. The largest absolute Gasteiger partial charge is 1.00 e. The Labute approximate surface area is 58.8 Å². The smallest absolute Gasteiger partial charge is 0.264 e. The minimum Gasteiger partial charge on any atom is -1.00 e. The molecule has 0 aliphatic rings. The van der Waals surface area contributed by atoms with Crippen molar-refractivity contribution in [1.82, 2.24) is 10.2 Å². The molecule has 1 rings (SSSR count). The van der Waals surface area contributed by atoms with Gasteiger partial charge in [0, 0.05) is 5.10 Å². The van der Waals surface area contributed by atoms with Gasteiger partial charge >= 0.3 is 0 Å². The van der Waals surface area contributed by atoms with E-state index in [1.807, 2.05) is 11.6 Å². The van der Waals surface area contributed by atoms with Crippen LogP contribution in [0.3, 0.4) is 0 Å². The Balaban J connectivity index is 0.000000360. The molecular weight excluding hydrogens is 205 g/mol. The summed E-state index contributed by atoms with van der Waals surface area (Å²) in [7, 11) is 1.91. The summed E-state index contributed by atoms with van der Waals surface area (Å²) >= 11 is 0. The lowest BCUT2D eigenvalue weighted by atomic mass is 11.1. The van der Waals surface area contributed by atoms with Gasteiger partial charge in [-0.15, -0.1) is 5.10 Å². The van der Waals surface area contributed by atoms with Crippen LogP contribution in [0.2, 0.25) is 0 Å². The van der Waals surface area contributed by atoms with Crippen LogP contribution in [0.4, 0.5) is 0 Å². The first-order valence-electron chi connectivity index (χ1n) is 1.73.